The van der Waals surface area contributed by atoms with Gasteiger partial charge in [-0.25, -0.2) is 18.1 Å². The van der Waals surface area contributed by atoms with Gasteiger partial charge >= 0.3 is 0 Å². The van der Waals surface area contributed by atoms with Gasteiger partial charge < -0.3 is 5.32 Å². The number of sulfone groups is 1. The number of nitrogens with one attached hydrogen (secondary N) is 1. The van der Waals surface area contributed by atoms with Gasteiger partial charge in [-0.1, -0.05) is 13.8 Å². The van der Waals surface area contributed by atoms with E-state index in [1.807, 2.05) is 4.68 Å². The van der Waals surface area contributed by atoms with Crippen LogP contribution in [-0.4, -0.2) is 47.8 Å². The van der Waals surface area contributed by atoms with E-state index in [4.69, 9.17) is 0 Å². The predicted molar refractivity (Wildman–Crippen MR) is 75.7 cm³/mol. The van der Waals surface area contributed by atoms with Gasteiger partial charge in [0.1, 0.15) is 12.2 Å². The Morgan fingerprint density at radius 1 is 1.37 bits per heavy atom. The van der Waals surface area contributed by atoms with Crippen molar-refractivity contribution < 1.29 is 8.42 Å². The monoisotopic (exact) mass is 288 g/mol. The first-order valence-electron chi connectivity index (χ1n) is 6.48. The van der Waals surface area contributed by atoms with Gasteiger partial charge in [-0.2, -0.15) is 5.10 Å². The molecule has 19 heavy (non-hydrogen) atoms. The van der Waals surface area contributed by atoms with Gasteiger partial charge in [-0.05, 0) is 19.9 Å². The average molecular weight is 288 g/mol. The number of aromatic nitrogens is 3. The fourth-order valence-electron chi connectivity index (χ4n) is 1.94. The van der Waals surface area contributed by atoms with Crippen molar-refractivity contribution in [3.63, 3.8) is 0 Å². The number of hydrogen-bond acceptors (Lipinski definition) is 5. The first kappa shape index (κ1) is 16.1. The van der Waals surface area contributed by atoms with Gasteiger partial charge in [0, 0.05) is 25.3 Å². The van der Waals surface area contributed by atoms with Crippen LogP contribution in [0.25, 0.3) is 0 Å². The molecule has 0 aliphatic rings. The highest BCUT2D eigenvalue weighted by molar-refractivity contribution is 7.91. The molecule has 0 aromatic carbocycles. The molecule has 0 radical (unpaired) electrons. The molecule has 1 rings (SSSR count). The Labute approximate surface area is 115 Å². The molecule has 0 bridgehead atoms. The summed E-state index contributed by atoms with van der Waals surface area (Å²) < 4.78 is 25.1. The van der Waals surface area contributed by atoms with Crippen molar-refractivity contribution in [3.05, 3.63) is 12.2 Å². The minimum atomic E-state index is -3.07. The fraction of sp³-hybridized carbons (Fsp3) is 0.833. The van der Waals surface area contributed by atoms with E-state index in [0.717, 1.165) is 12.4 Å². The van der Waals surface area contributed by atoms with Crippen molar-refractivity contribution in [2.24, 2.45) is 5.92 Å². The van der Waals surface area contributed by atoms with Crippen LogP contribution in [0.4, 0.5) is 0 Å². The van der Waals surface area contributed by atoms with Crippen LogP contribution in [0, 0.1) is 5.92 Å². The zero-order valence-corrected chi connectivity index (χ0v) is 13.1. The van der Waals surface area contributed by atoms with Crippen molar-refractivity contribution in [1.82, 2.24) is 20.1 Å². The van der Waals surface area contributed by atoms with E-state index in [-0.39, 0.29) is 6.04 Å². The van der Waals surface area contributed by atoms with E-state index < -0.39 is 15.1 Å². The molecule has 0 spiro atoms. The molecule has 0 aliphatic heterocycles. The number of likely N-dealkylation sites (N-methyl/N-ethyl adjacent to an activating group) is 1. The summed E-state index contributed by atoms with van der Waals surface area (Å²) in [7, 11) is -1.30. The molecule has 0 aliphatic carbocycles. The topological polar surface area (TPSA) is 76.9 Å². The van der Waals surface area contributed by atoms with E-state index in [2.05, 4.69) is 29.2 Å². The van der Waals surface area contributed by atoms with Crippen LogP contribution in [-0.2, 0) is 22.8 Å². The van der Waals surface area contributed by atoms with Crippen molar-refractivity contribution >= 4 is 9.84 Å². The lowest BCUT2D eigenvalue weighted by molar-refractivity contribution is 0.443. The minimum Gasteiger partial charge on any atom is -0.315 e. The summed E-state index contributed by atoms with van der Waals surface area (Å²) in [6, 6.07) is -0.162. The predicted octanol–water partition coefficient (Wildman–Crippen LogP) is 0.498. The summed E-state index contributed by atoms with van der Waals surface area (Å²) >= 11 is 0. The Balaban J connectivity index is 2.85. The first-order valence-corrected chi connectivity index (χ1v) is 8.44. The highest BCUT2D eigenvalue weighted by Gasteiger charge is 2.26. The molecule has 6 nitrogen and oxygen atoms in total. The van der Waals surface area contributed by atoms with Crippen LogP contribution in [0.1, 0.15) is 26.6 Å². The largest absolute Gasteiger partial charge is 0.315 e. The van der Waals surface area contributed by atoms with Crippen LogP contribution in [0.5, 0.6) is 0 Å². The lowest BCUT2D eigenvalue weighted by atomic mass is 10.1. The molecule has 2 atom stereocenters. The lowest BCUT2D eigenvalue weighted by Gasteiger charge is -2.22. The zero-order valence-electron chi connectivity index (χ0n) is 12.3. The van der Waals surface area contributed by atoms with Gasteiger partial charge in [0.25, 0.3) is 0 Å². The molecular formula is C12H24N4O2S. The maximum atomic E-state index is 11.6. The van der Waals surface area contributed by atoms with Gasteiger partial charge in [0.15, 0.2) is 9.84 Å². The molecule has 110 valence electrons. The SMILES string of the molecule is CNC(Cc1ncnn1CC(C)C)C(C)S(C)(=O)=O. The number of hydrogen-bond donors (Lipinski definition) is 1. The third-order valence-electron chi connectivity index (χ3n) is 3.25. The number of rotatable bonds is 7. The van der Waals surface area contributed by atoms with Gasteiger partial charge in [-0.3, -0.25) is 0 Å². The Bertz CT molecular complexity index is 496. The molecular weight excluding hydrogens is 264 g/mol. The van der Waals surface area contributed by atoms with Crippen molar-refractivity contribution in [3.8, 4) is 0 Å². The molecule has 0 saturated heterocycles. The second-order valence-corrected chi connectivity index (χ2v) is 7.79. The van der Waals surface area contributed by atoms with Crippen LogP contribution in [0.2, 0.25) is 0 Å². The van der Waals surface area contributed by atoms with E-state index in [0.29, 0.717) is 12.3 Å². The van der Waals surface area contributed by atoms with Crippen LogP contribution < -0.4 is 5.32 Å². The summed E-state index contributed by atoms with van der Waals surface area (Å²) in [6.07, 6.45) is 3.34. The van der Waals surface area contributed by atoms with E-state index >= 15 is 0 Å². The fourth-order valence-corrected chi connectivity index (χ4v) is 2.77. The second-order valence-electron chi connectivity index (χ2n) is 5.39. The zero-order chi connectivity index (χ0) is 14.6. The Morgan fingerprint density at radius 2 is 2.00 bits per heavy atom. The third kappa shape index (κ3) is 4.58. The molecule has 1 aromatic rings. The Kier molecular flexibility index (Phi) is 5.49. The summed E-state index contributed by atoms with van der Waals surface area (Å²) in [5, 5.41) is 6.80. The number of nitrogens with zero attached hydrogens (tertiary/aromatic N) is 3. The molecule has 0 saturated carbocycles. The van der Waals surface area contributed by atoms with Crippen molar-refractivity contribution in [2.75, 3.05) is 13.3 Å². The smallest absolute Gasteiger partial charge is 0.151 e. The van der Waals surface area contributed by atoms with Crippen LogP contribution >= 0.6 is 0 Å². The normalized spacial score (nSPS) is 15.7. The third-order valence-corrected chi connectivity index (χ3v) is 4.93. The standard InChI is InChI=1S/C12H24N4O2S/c1-9(2)7-16-12(14-8-15-16)6-11(13-4)10(3)19(5,17)18/h8-11,13H,6-7H2,1-5H3. The second kappa shape index (κ2) is 6.47. The highest BCUT2D eigenvalue weighted by atomic mass is 32.2. The Hall–Kier alpha value is -0.950. The average Bonchev–Trinajstić information content (AvgIpc) is 2.70. The van der Waals surface area contributed by atoms with Crippen LogP contribution in [0.3, 0.4) is 0 Å². The maximum absolute atomic E-state index is 11.6. The van der Waals surface area contributed by atoms with Gasteiger partial charge in [0.05, 0.1) is 5.25 Å². The summed E-state index contributed by atoms with van der Waals surface area (Å²) in [5.41, 5.74) is 0. The maximum Gasteiger partial charge on any atom is 0.151 e. The van der Waals surface area contributed by atoms with Crippen molar-refractivity contribution in [1.29, 1.82) is 0 Å². The van der Waals surface area contributed by atoms with E-state index in [1.165, 1.54) is 12.6 Å². The van der Waals surface area contributed by atoms with Gasteiger partial charge in [0.2, 0.25) is 0 Å². The Morgan fingerprint density at radius 3 is 2.47 bits per heavy atom. The van der Waals surface area contributed by atoms with Crippen LogP contribution in [0.15, 0.2) is 6.33 Å². The van der Waals surface area contributed by atoms with Gasteiger partial charge in [-0.15, -0.1) is 0 Å². The minimum absolute atomic E-state index is 0.162. The van der Waals surface area contributed by atoms with E-state index in [1.54, 1.807) is 14.0 Å². The summed E-state index contributed by atoms with van der Waals surface area (Å²) in [6.45, 7) is 6.74. The lowest BCUT2D eigenvalue weighted by Crippen LogP contribution is -2.42. The first-order chi connectivity index (χ1) is 8.75. The molecule has 2 unspecified atom stereocenters. The molecule has 1 N–H and O–H groups in total. The molecule has 0 fully saturated rings. The molecule has 0 amide bonds. The van der Waals surface area contributed by atoms with Crippen molar-refractivity contribution in [2.45, 2.75) is 45.0 Å². The highest BCUT2D eigenvalue weighted by Crippen LogP contribution is 2.10. The summed E-state index contributed by atoms with van der Waals surface area (Å²) in [5.74, 6) is 1.30. The van der Waals surface area contributed by atoms with E-state index in [9.17, 15) is 8.42 Å². The molecule has 1 heterocycles. The quantitative estimate of drug-likeness (QED) is 0.790. The molecule has 1 aromatic heterocycles. The molecule has 7 heteroatoms. The summed E-state index contributed by atoms with van der Waals surface area (Å²) in [4.78, 5) is 4.24.